The Labute approximate surface area is 235 Å². The van der Waals surface area contributed by atoms with Crippen LogP contribution in [0.5, 0.6) is 0 Å². The first-order valence-electron chi connectivity index (χ1n) is 13.5. The fourth-order valence-corrected chi connectivity index (χ4v) is 4.87. The summed E-state index contributed by atoms with van der Waals surface area (Å²) in [5.41, 5.74) is 4.58. The molecule has 0 fully saturated rings. The van der Waals surface area contributed by atoms with E-state index >= 15 is 0 Å². The number of amides is 2. The second-order valence-electron chi connectivity index (χ2n) is 10.8. The van der Waals surface area contributed by atoms with Crippen LogP contribution in [0.25, 0.3) is 11.1 Å². The Kier molecular flexibility index (Phi) is 9.04. The number of alkyl carbamates (subject to hydrolysis) is 1. The number of carbonyl (C=O) groups is 3. The Morgan fingerprint density at radius 1 is 0.850 bits per heavy atom. The number of fused-ring (bicyclic) bond motifs is 3. The summed E-state index contributed by atoms with van der Waals surface area (Å²) in [7, 11) is 0. The molecule has 3 aromatic carbocycles. The van der Waals surface area contributed by atoms with Gasteiger partial charge in [0.25, 0.3) is 0 Å². The van der Waals surface area contributed by atoms with Crippen LogP contribution >= 0.6 is 0 Å². The molecule has 0 spiro atoms. The number of rotatable bonds is 10. The smallest absolute Gasteiger partial charge is 0.407 e. The molecule has 0 aromatic heterocycles. The topological polar surface area (TPSA) is 93.7 Å². The van der Waals surface area contributed by atoms with E-state index in [0.717, 1.165) is 27.8 Å². The molecule has 7 nitrogen and oxygen atoms in total. The first-order chi connectivity index (χ1) is 19.2. The Balaban J connectivity index is 1.42. The number of benzene rings is 3. The van der Waals surface area contributed by atoms with Crippen molar-refractivity contribution in [3.8, 4) is 11.1 Å². The highest BCUT2D eigenvalue weighted by molar-refractivity contribution is 5.90. The van der Waals surface area contributed by atoms with Gasteiger partial charge in [0.2, 0.25) is 5.91 Å². The van der Waals surface area contributed by atoms with Crippen LogP contribution in [0.3, 0.4) is 0 Å². The molecule has 2 N–H and O–H groups in total. The van der Waals surface area contributed by atoms with Crippen molar-refractivity contribution in [1.82, 2.24) is 10.6 Å². The molecule has 0 unspecified atom stereocenters. The minimum absolute atomic E-state index is 0.104. The van der Waals surface area contributed by atoms with E-state index in [1.165, 1.54) is 6.08 Å². The van der Waals surface area contributed by atoms with Gasteiger partial charge < -0.3 is 20.1 Å². The van der Waals surface area contributed by atoms with Crippen LogP contribution in [0.1, 0.15) is 49.8 Å². The van der Waals surface area contributed by atoms with Crippen LogP contribution in [-0.4, -0.2) is 42.3 Å². The number of hydrogen-bond acceptors (Lipinski definition) is 5. The van der Waals surface area contributed by atoms with E-state index in [4.69, 9.17) is 9.47 Å². The number of esters is 1. The zero-order chi connectivity index (χ0) is 28.7. The zero-order valence-electron chi connectivity index (χ0n) is 23.2. The average Bonchev–Trinajstić information content (AvgIpc) is 3.24. The van der Waals surface area contributed by atoms with Gasteiger partial charge in [-0.05, 0) is 55.0 Å². The number of hydrogen-bond donors (Lipinski definition) is 2. The predicted octanol–water partition coefficient (Wildman–Crippen LogP) is 5.54. The van der Waals surface area contributed by atoms with E-state index in [9.17, 15) is 14.4 Å². The van der Waals surface area contributed by atoms with Gasteiger partial charge in [0, 0.05) is 12.3 Å². The second kappa shape index (κ2) is 12.6. The zero-order valence-corrected chi connectivity index (χ0v) is 23.2. The molecule has 0 aliphatic heterocycles. The molecule has 0 saturated carbocycles. The Bertz CT molecular complexity index is 1320. The monoisotopic (exact) mass is 540 g/mol. The number of ether oxygens (including phenoxy) is 2. The van der Waals surface area contributed by atoms with Crippen LogP contribution in [0.2, 0.25) is 0 Å². The van der Waals surface area contributed by atoms with Crippen LogP contribution in [0.4, 0.5) is 4.79 Å². The van der Waals surface area contributed by atoms with Crippen LogP contribution in [-0.2, 0) is 25.5 Å². The van der Waals surface area contributed by atoms with E-state index in [1.54, 1.807) is 20.8 Å². The van der Waals surface area contributed by atoms with Crippen molar-refractivity contribution in [2.45, 2.75) is 57.2 Å². The van der Waals surface area contributed by atoms with E-state index in [2.05, 4.69) is 29.3 Å². The number of nitrogens with one attached hydrogen (secondary N) is 2. The molecule has 208 valence electrons. The summed E-state index contributed by atoms with van der Waals surface area (Å²) in [6, 6.07) is 23.6. The average molecular weight is 541 g/mol. The normalized spacial score (nSPS) is 13.8. The van der Waals surface area contributed by atoms with Gasteiger partial charge in [-0.3, -0.25) is 4.79 Å². The van der Waals surface area contributed by atoms with Gasteiger partial charge in [0.1, 0.15) is 24.3 Å². The Morgan fingerprint density at radius 3 is 2.00 bits per heavy atom. The fraction of sp³-hybridized carbons (Fsp3) is 0.303. The van der Waals surface area contributed by atoms with Crippen molar-refractivity contribution < 1.29 is 23.9 Å². The standard InChI is InChI=1S/C33H36N2O5/c1-5-13-28(30(36)34-29(31(37)40-33(2,3)4)20-22-14-7-6-8-15-22)35-32(38)39-21-27-25-18-11-9-16-23(25)24-17-10-12-19-26(24)27/h5-12,14-19,27-29H,1,13,20-21H2,2-4H3,(H,34,36)(H,35,38)/t28-,29-/m0/s1. The molecule has 0 radical (unpaired) electrons. The quantitative estimate of drug-likeness (QED) is 0.260. The largest absolute Gasteiger partial charge is 0.458 e. The maximum Gasteiger partial charge on any atom is 0.407 e. The third-order valence-electron chi connectivity index (χ3n) is 6.65. The van der Waals surface area contributed by atoms with Gasteiger partial charge in [-0.25, -0.2) is 9.59 Å². The molecule has 0 saturated heterocycles. The van der Waals surface area contributed by atoms with Gasteiger partial charge in [0.05, 0.1) is 0 Å². The molecule has 1 aliphatic carbocycles. The summed E-state index contributed by atoms with van der Waals surface area (Å²) in [4.78, 5) is 39.1. The lowest BCUT2D eigenvalue weighted by Gasteiger charge is -2.26. The highest BCUT2D eigenvalue weighted by atomic mass is 16.6. The van der Waals surface area contributed by atoms with Crippen molar-refractivity contribution in [2.24, 2.45) is 0 Å². The highest BCUT2D eigenvalue weighted by Crippen LogP contribution is 2.44. The molecular formula is C33H36N2O5. The lowest BCUT2D eigenvalue weighted by molar-refractivity contribution is -0.158. The lowest BCUT2D eigenvalue weighted by atomic mass is 9.98. The van der Waals surface area contributed by atoms with Gasteiger partial charge in [-0.15, -0.1) is 6.58 Å². The van der Waals surface area contributed by atoms with E-state index in [1.807, 2.05) is 66.7 Å². The molecule has 2 atom stereocenters. The summed E-state index contributed by atoms with van der Waals surface area (Å²) < 4.78 is 11.2. The molecule has 0 heterocycles. The van der Waals surface area contributed by atoms with E-state index in [-0.39, 0.29) is 25.4 Å². The summed E-state index contributed by atoms with van der Waals surface area (Å²) in [6.07, 6.45) is 1.21. The lowest BCUT2D eigenvalue weighted by Crippen LogP contribution is -2.53. The van der Waals surface area contributed by atoms with Gasteiger partial charge in [-0.2, -0.15) is 0 Å². The molecule has 3 aromatic rings. The van der Waals surface area contributed by atoms with Crippen LogP contribution in [0, 0.1) is 0 Å². The van der Waals surface area contributed by atoms with Gasteiger partial charge in [-0.1, -0.05) is 84.9 Å². The second-order valence-corrected chi connectivity index (χ2v) is 10.8. The molecule has 4 rings (SSSR count). The number of carbonyl (C=O) groups excluding carboxylic acids is 3. The van der Waals surface area contributed by atoms with Crippen LogP contribution < -0.4 is 10.6 Å². The first kappa shape index (κ1) is 28.6. The van der Waals surface area contributed by atoms with E-state index < -0.39 is 35.7 Å². The highest BCUT2D eigenvalue weighted by Gasteiger charge is 2.32. The first-order valence-corrected chi connectivity index (χ1v) is 13.5. The molecule has 7 heteroatoms. The third-order valence-corrected chi connectivity index (χ3v) is 6.65. The predicted molar refractivity (Wildman–Crippen MR) is 155 cm³/mol. The summed E-state index contributed by atoms with van der Waals surface area (Å²) in [5, 5.41) is 5.42. The minimum atomic E-state index is -0.978. The molecule has 0 bridgehead atoms. The third kappa shape index (κ3) is 7.17. The summed E-state index contributed by atoms with van der Waals surface area (Å²) >= 11 is 0. The maximum atomic E-state index is 13.3. The van der Waals surface area contributed by atoms with Crippen molar-refractivity contribution >= 4 is 18.0 Å². The molecule has 40 heavy (non-hydrogen) atoms. The Morgan fingerprint density at radius 2 is 1.43 bits per heavy atom. The summed E-state index contributed by atoms with van der Waals surface area (Å²) in [5.74, 6) is -1.18. The van der Waals surface area contributed by atoms with Crippen LogP contribution in [0.15, 0.2) is 91.5 Å². The molecule has 1 aliphatic rings. The van der Waals surface area contributed by atoms with Gasteiger partial charge >= 0.3 is 12.1 Å². The van der Waals surface area contributed by atoms with Crippen molar-refractivity contribution in [1.29, 1.82) is 0 Å². The van der Waals surface area contributed by atoms with Crippen molar-refractivity contribution in [3.05, 3.63) is 108 Å². The fourth-order valence-electron chi connectivity index (χ4n) is 4.87. The van der Waals surface area contributed by atoms with Gasteiger partial charge in [0.15, 0.2) is 0 Å². The maximum absolute atomic E-state index is 13.3. The minimum Gasteiger partial charge on any atom is -0.458 e. The van der Waals surface area contributed by atoms with Crippen molar-refractivity contribution in [3.63, 3.8) is 0 Å². The summed E-state index contributed by atoms with van der Waals surface area (Å²) in [6.45, 7) is 9.15. The van der Waals surface area contributed by atoms with E-state index in [0.29, 0.717) is 0 Å². The molecule has 2 amide bonds. The molecular weight excluding hydrogens is 504 g/mol. The SMILES string of the molecule is C=CC[C@H](NC(=O)OCC1c2ccccc2-c2ccccc21)C(=O)N[C@@H](Cc1ccccc1)C(=O)OC(C)(C)C. The Hall–Kier alpha value is -4.39. The van der Waals surface area contributed by atoms with Crippen molar-refractivity contribution in [2.75, 3.05) is 6.61 Å².